The Morgan fingerprint density at radius 2 is 1.81 bits per heavy atom. The minimum absolute atomic E-state index is 0.292. The van der Waals surface area contributed by atoms with Crippen molar-refractivity contribution in [1.29, 1.82) is 0 Å². The number of nitrogens with one attached hydrogen (secondary N) is 1. The van der Waals surface area contributed by atoms with Crippen LogP contribution in [0.4, 0.5) is 0 Å². The van der Waals surface area contributed by atoms with E-state index in [0.717, 1.165) is 16.6 Å². The Bertz CT molecular complexity index is 568. The molecule has 0 aromatic heterocycles. The van der Waals surface area contributed by atoms with Crippen molar-refractivity contribution in [3.05, 3.63) is 64.1 Å². The highest BCUT2D eigenvalue weighted by molar-refractivity contribution is 9.10. The Balaban J connectivity index is 2.10. The van der Waals surface area contributed by atoms with Gasteiger partial charge in [-0.1, -0.05) is 47.1 Å². The van der Waals surface area contributed by atoms with Crippen molar-refractivity contribution in [2.24, 2.45) is 0 Å². The van der Waals surface area contributed by atoms with Gasteiger partial charge in [0, 0.05) is 16.6 Å². The number of hydrogen-bond acceptors (Lipinski definition) is 2. The third-order valence-electron chi connectivity index (χ3n) is 3.73. The quantitative estimate of drug-likeness (QED) is 0.769. The van der Waals surface area contributed by atoms with Gasteiger partial charge in [-0.3, -0.25) is 0 Å². The Morgan fingerprint density at radius 3 is 2.38 bits per heavy atom. The topological polar surface area (TPSA) is 21.3 Å². The third-order valence-corrected chi connectivity index (χ3v) is 4.22. The van der Waals surface area contributed by atoms with E-state index in [-0.39, 0.29) is 0 Å². The average molecular weight is 348 g/mol. The van der Waals surface area contributed by atoms with Crippen LogP contribution in [0.3, 0.4) is 0 Å². The van der Waals surface area contributed by atoms with E-state index >= 15 is 0 Å². The summed E-state index contributed by atoms with van der Waals surface area (Å²) >= 11 is 3.54. The van der Waals surface area contributed by atoms with Crippen LogP contribution < -0.4 is 10.1 Å². The molecule has 0 amide bonds. The van der Waals surface area contributed by atoms with E-state index in [1.807, 2.05) is 12.1 Å². The molecule has 0 bridgehead atoms. The monoisotopic (exact) mass is 347 g/mol. The fraction of sp³-hybridized carbons (Fsp3) is 0.333. The van der Waals surface area contributed by atoms with E-state index in [9.17, 15) is 0 Å². The van der Waals surface area contributed by atoms with Gasteiger partial charge in [-0.15, -0.1) is 0 Å². The molecule has 2 rings (SSSR count). The predicted octanol–water partition coefficient (Wildman–Crippen LogP) is 5.26. The first-order valence-corrected chi connectivity index (χ1v) is 8.08. The van der Waals surface area contributed by atoms with Gasteiger partial charge >= 0.3 is 0 Å². The molecular weight excluding hydrogens is 326 g/mol. The zero-order valence-corrected chi connectivity index (χ0v) is 14.4. The van der Waals surface area contributed by atoms with Crippen LogP contribution in [-0.2, 0) is 0 Å². The molecule has 0 aliphatic heterocycles. The van der Waals surface area contributed by atoms with Gasteiger partial charge < -0.3 is 10.1 Å². The van der Waals surface area contributed by atoms with E-state index < -0.39 is 0 Å². The molecule has 2 aromatic rings. The summed E-state index contributed by atoms with van der Waals surface area (Å²) in [5, 5.41) is 3.70. The second kappa shape index (κ2) is 7.62. The highest BCUT2D eigenvalue weighted by Crippen LogP contribution is 2.25. The Labute approximate surface area is 135 Å². The molecule has 1 unspecified atom stereocenters. The molecule has 0 saturated carbocycles. The number of benzene rings is 2. The fourth-order valence-corrected chi connectivity index (χ4v) is 2.88. The molecule has 0 heterocycles. The summed E-state index contributed by atoms with van der Waals surface area (Å²) in [5.74, 6) is 0.894. The highest BCUT2D eigenvalue weighted by atomic mass is 79.9. The second-order valence-corrected chi connectivity index (χ2v) is 6.09. The minimum atomic E-state index is 0.292. The maximum atomic E-state index is 5.21. The van der Waals surface area contributed by atoms with Crippen LogP contribution >= 0.6 is 15.9 Å². The molecule has 112 valence electrons. The molecule has 2 nitrogen and oxygen atoms in total. The van der Waals surface area contributed by atoms with Crippen molar-refractivity contribution in [3.63, 3.8) is 0 Å². The van der Waals surface area contributed by atoms with Crippen LogP contribution in [0.5, 0.6) is 5.75 Å². The molecule has 21 heavy (non-hydrogen) atoms. The number of ether oxygens (including phenoxy) is 1. The summed E-state index contributed by atoms with van der Waals surface area (Å²) < 4.78 is 6.33. The highest BCUT2D eigenvalue weighted by Gasteiger charge is 2.14. The summed E-state index contributed by atoms with van der Waals surface area (Å²) in [7, 11) is 1.69. The van der Waals surface area contributed by atoms with E-state index in [0.29, 0.717) is 12.1 Å². The zero-order chi connectivity index (χ0) is 15.2. The van der Waals surface area contributed by atoms with E-state index in [2.05, 4.69) is 71.5 Å². The van der Waals surface area contributed by atoms with Crippen LogP contribution in [0, 0.1) is 0 Å². The Morgan fingerprint density at radius 1 is 1.10 bits per heavy atom. The molecule has 0 saturated heterocycles. The van der Waals surface area contributed by atoms with Gasteiger partial charge in [0.05, 0.1) is 7.11 Å². The molecule has 0 fully saturated rings. The van der Waals surface area contributed by atoms with Gasteiger partial charge in [0.25, 0.3) is 0 Å². The molecule has 2 aromatic carbocycles. The van der Waals surface area contributed by atoms with Crippen molar-refractivity contribution < 1.29 is 4.74 Å². The van der Waals surface area contributed by atoms with Gasteiger partial charge in [-0.25, -0.2) is 0 Å². The molecule has 3 heteroatoms. The van der Waals surface area contributed by atoms with Crippen molar-refractivity contribution >= 4 is 15.9 Å². The lowest BCUT2D eigenvalue weighted by atomic mass is 10.0. The predicted molar refractivity (Wildman–Crippen MR) is 91.7 cm³/mol. The third kappa shape index (κ3) is 4.32. The van der Waals surface area contributed by atoms with Gasteiger partial charge in [-0.05, 0) is 48.7 Å². The van der Waals surface area contributed by atoms with Crippen LogP contribution in [0.2, 0.25) is 0 Å². The molecule has 0 spiro atoms. The molecule has 1 N–H and O–H groups in total. The molecule has 0 radical (unpaired) electrons. The normalized spacial score (nSPS) is 13.7. The van der Waals surface area contributed by atoms with Gasteiger partial charge in [-0.2, -0.15) is 0 Å². The first-order chi connectivity index (χ1) is 10.1. The SMILES string of the molecule is CCC(N[C@@H](C)c1ccc(OC)cc1)c1cccc(Br)c1. The van der Waals surface area contributed by atoms with Crippen LogP contribution in [0.15, 0.2) is 53.0 Å². The Kier molecular flexibility index (Phi) is 5.83. The summed E-state index contributed by atoms with van der Waals surface area (Å²) in [6.45, 7) is 4.40. The van der Waals surface area contributed by atoms with E-state index in [4.69, 9.17) is 4.74 Å². The largest absolute Gasteiger partial charge is 0.497 e. The number of halogens is 1. The summed E-state index contributed by atoms with van der Waals surface area (Å²) in [5.41, 5.74) is 2.58. The van der Waals surface area contributed by atoms with Crippen LogP contribution in [0.25, 0.3) is 0 Å². The van der Waals surface area contributed by atoms with Crippen LogP contribution in [-0.4, -0.2) is 7.11 Å². The number of hydrogen-bond donors (Lipinski definition) is 1. The molecule has 2 atom stereocenters. The van der Waals surface area contributed by atoms with Gasteiger partial charge in [0.2, 0.25) is 0 Å². The van der Waals surface area contributed by atoms with Crippen molar-refractivity contribution in [1.82, 2.24) is 5.32 Å². The summed E-state index contributed by atoms with van der Waals surface area (Å²) in [4.78, 5) is 0. The van der Waals surface area contributed by atoms with Crippen LogP contribution in [0.1, 0.15) is 43.5 Å². The minimum Gasteiger partial charge on any atom is -0.497 e. The first kappa shape index (κ1) is 16.1. The maximum Gasteiger partial charge on any atom is 0.118 e. The number of rotatable bonds is 6. The zero-order valence-electron chi connectivity index (χ0n) is 12.8. The second-order valence-electron chi connectivity index (χ2n) is 5.18. The Hall–Kier alpha value is -1.32. The van der Waals surface area contributed by atoms with Crippen molar-refractivity contribution in [2.75, 3.05) is 7.11 Å². The van der Waals surface area contributed by atoms with Crippen molar-refractivity contribution in [2.45, 2.75) is 32.4 Å². The maximum absolute atomic E-state index is 5.21. The summed E-state index contributed by atoms with van der Waals surface area (Å²) in [6, 6.07) is 17.4. The van der Waals surface area contributed by atoms with Crippen molar-refractivity contribution in [3.8, 4) is 5.75 Å². The fourth-order valence-electron chi connectivity index (χ4n) is 2.46. The molecule has 0 aliphatic rings. The molecule has 0 aliphatic carbocycles. The number of methoxy groups -OCH3 is 1. The van der Waals surface area contributed by atoms with E-state index in [1.54, 1.807) is 7.11 Å². The van der Waals surface area contributed by atoms with Gasteiger partial charge in [0.15, 0.2) is 0 Å². The summed E-state index contributed by atoms with van der Waals surface area (Å²) in [6.07, 6.45) is 1.05. The average Bonchev–Trinajstić information content (AvgIpc) is 2.52. The lowest BCUT2D eigenvalue weighted by Gasteiger charge is -2.23. The van der Waals surface area contributed by atoms with Gasteiger partial charge in [0.1, 0.15) is 5.75 Å². The smallest absolute Gasteiger partial charge is 0.118 e. The molecular formula is C18H22BrNO. The standard InChI is InChI=1S/C18H22BrNO/c1-4-18(15-6-5-7-16(19)12-15)20-13(2)14-8-10-17(21-3)11-9-14/h5-13,18,20H,4H2,1-3H3/t13-,18?/m0/s1. The lowest BCUT2D eigenvalue weighted by molar-refractivity contribution is 0.413. The van der Waals surface area contributed by atoms with E-state index in [1.165, 1.54) is 11.1 Å². The first-order valence-electron chi connectivity index (χ1n) is 7.29. The lowest BCUT2D eigenvalue weighted by Crippen LogP contribution is -2.24.